The predicted molar refractivity (Wildman–Crippen MR) is 353 cm³/mol. The van der Waals surface area contributed by atoms with Gasteiger partial charge in [-0.15, -0.1) is 35.3 Å². The third-order valence-corrected chi connectivity index (χ3v) is 16.6. The Hall–Kier alpha value is -11.1. The van der Waals surface area contributed by atoms with Crippen LogP contribution in [-0.4, -0.2) is 120 Å². The lowest BCUT2D eigenvalue weighted by Gasteiger charge is -2.14. The third-order valence-electron chi connectivity index (χ3n) is 13.3. The zero-order valence-corrected chi connectivity index (χ0v) is 52.6. The summed E-state index contributed by atoms with van der Waals surface area (Å²) in [5.74, 6) is 3.52. The summed E-state index contributed by atoms with van der Waals surface area (Å²) in [4.78, 5) is 74.6. The molecule has 0 radical (unpaired) electrons. The lowest BCUT2D eigenvalue weighted by molar-refractivity contribution is -0.114. The van der Waals surface area contributed by atoms with Crippen molar-refractivity contribution in [3.63, 3.8) is 0 Å². The van der Waals surface area contributed by atoms with Crippen LogP contribution >= 0.6 is 35.3 Å². The molecule has 0 saturated carbocycles. The molecule has 466 valence electrons. The number of aromatic amines is 3. The fourth-order valence-electron chi connectivity index (χ4n) is 8.91. The molecule has 12 rings (SSSR count). The van der Waals surface area contributed by atoms with Crippen molar-refractivity contribution < 1.29 is 42.9 Å². The molecule has 0 unspecified atom stereocenters. The van der Waals surface area contributed by atoms with E-state index in [0.29, 0.717) is 102 Å². The molecule has 0 fully saturated rings. The highest BCUT2D eigenvalue weighted by Crippen LogP contribution is 2.39. The molecule has 28 heteroatoms. The highest BCUT2D eigenvalue weighted by atomic mass is 32.2. The Morgan fingerprint density at radius 2 is 0.783 bits per heavy atom. The number of anilines is 4. The molecule has 6 heterocycles. The number of hydrogen-bond donors (Lipinski definition) is 7. The van der Waals surface area contributed by atoms with E-state index in [9.17, 15) is 19.2 Å². The van der Waals surface area contributed by atoms with Gasteiger partial charge in [0, 0.05) is 69.7 Å². The number of benzene rings is 6. The van der Waals surface area contributed by atoms with Gasteiger partial charge in [0.2, 0.25) is 11.7 Å². The Labute approximate surface area is 538 Å². The first-order chi connectivity index (χ1) is 44.9. The molecular weight excluding hydrogens is 1230 g/mol. The maximum Gasteiger partial charge on any atom is 0.255 e. The van der Waals surface area contributed by atoms with Crippen molar-refractivity contribution in [2.75, 3.05) is 56.8 Å². The maximum atomic E-state index is 12.9. The zero-order chi connectivity index (χ0) is 64.3. The number of fused-ring (bicyclic) bond motifs is 3. The van der Waals surface area contributed by atoms with Gasteiger partial charge in [-0.25, -0.2) is 29.9 Å². The maximum absolute atomic E-state index is 12.9. The Morgan fingerprint density at radius 3 is 1.14 bits per heavy atom. The second kappa shape index (κ2) is 30.9. The van der Waals surface area contributed by atoms with Crippen LogP contribution in [-0.2, 0) is 22.1 Å². The van der Waals surface area contributed by atoms with Gasteiger partial charge in [0.1, 0.15) is 45.6 Å². The first kappa shape index (κ1) is 63.9. The Bertz CT molecular complexity index is 4520. The highest BCUT2D eigenvalue weighted by Gasteiger charge is 2.19. The van der Waals surface area contributed by atoms with Crippen molar-refractivity contribution in [3.05, 3.63) is 198 Å². The average molecular weight is 1290 g/mol. The van der Waals surface area contributed by atoms with Gasteiger partial charge < -0.3 is 45.0 Å². The van der Waals surface area contributed by atoms with Crippen LogP contribution in [0.5, 0.6) is 28.7 Å². The smallest absolute Gasteiger partial charge is 0.255 e. The second-order valence-corrected chi connectivity index (χ2v) is 22.4. The van der Waals surface area contributed by atoms with Gasteiger partial charge in [-0.1, -0.05) is 36.4 Å². The van der Waals surface area contributed by atoms with Crippen molar-refractivity contribution in [2.24, 2.45) is 0 Å². The lowest BCUT2D eigenvalue weighted by atomic mass is 10.1. The van der Waals surface area contributed by atoms with E-state index in [1.165, 1.54) is 47.2 Å². The van der Waals surface area contributed by atoms with Crippen molar-refractivity contribution >= 4 is 115 Å². The van der Waals surface area contributed by atoms with Crippen LogP contribution in [0.25, 0.3) is 33.1 Å². The number of nitrogens with zero attached hydrogens (tertiary/aromatic N) is 9. The second-order valence-electron chi connectivity index (χ2n) is 19.5. The zero-order valence-electron chi connectivity index (χ0n) is 50.1. The minimum absolute atomic E-state index is 0.155. The molecular formula is C64H58N16O9S3. The van der Waals surface area contributed by atoms with E-state index in [4.69, 9.17) is 23.7 Å². The summed E-state index contributed by atoms with van der Waals surface area (Å²) in [7, 11) is 7.63. The number of carbonyl (C=O) groups is 4. The quantitative estimate of drug-likeness (QED) is 0.0260. The predicted octanol–water partition coefficient (Wildman–Crippen LogP) is 11.7. The number of thioether (sulfide) groups is 3. The Morgan fingerprint density at radius 1 is 0.402 bits per heavy atom. The van der Waals surface area contributed by atoms with Gasteiger partial charge in [-0.2, -0.15) is 15.3 Å². The molecule has 0 bridgehead atoms. The molecule has 0 aliphatic heterocycles. The van der Waals surface area contributed by atoms with Gasteiger partial charge in [-0.05, 0) is 102 Å². The van der Waals surface area contributed by atoms with Crippen LogP contribution in [0, 0.1) is 0 Å². The number of carbonyl (C=O) groups excluding carboxylic acids is 4. The largest absolute Gasteiger partial charge is 0.497 e. The number of ether oxygens (including phenoxy) is 5. The number of hydrogen-bond acceptors (Lipinski definition) is 21. The van der Waals surface area contributed by atoms with E-state index in [2.05, 4.69) is 81.8 Å². The highest BCUT2D eigenvalue weighted by molar-refractivity contribution is 7.99. The lowest BCUT2D eigenvalue weighted by Crippen LogP contribution is -2.12. The van der Waals surface area contributed by atoms with Gasteiger partial charge in [-0.3, -0.25) is 34.5 Å². The first-order valence-electron chi connectivity index (χ1n) is 27.8. The Kier molecular flexibility index (Phi) is 21.5. The molecule has 6 aromatic heterocycles. The van der Waals surface area contributed by atoms with Crippen molar-refractivity contribution in [1.82, 2.24) is 60.5 Å². The van der Waals surface area contributed by atoms with Gasteiger partial charge in [0.25, 0.3) is 17.7 Å². The van der Waals surface area contributed by atoms with Crippen LogP contribution in [0.2, 0.25) is 0 Å². The van der Waals surface area contributed by atoms with E-state index in [0.717, 1.165) is 47.9 Å². The van der Waals surface area contributed by atoms with Crippen LogP contribution in [0.15, 0.2) is 180 Å². The molecule has 12 aromatic rings. The average Bonchev–Trinajstić information content (AvgIpc) is 1.79. The summed E-state index contributed by atoms with van der Waals surface area (Å²) >= 11 is 4.74. The van der Waals surface area contributed by atoms with Crippen LogP contribution < -0.4 is 45.0 Å². The van der Waals surface area contributed by atoms with Crippen molar-refractivity contribution in [1.29, 1.82) is 0 Å². The fraction of sp³-hybridized carbons (Fsp3) is 0.141. The normalized spacial score (nSPS) is 10.7. The van der Waals surface area contributed by atoms with Crippen LogP contribution in [0.3, 0.4) is 0 Å². The van der Waals surface area contributed by atoms with Crippen molar-refractivity contribution in [2.45, 2.75) is 39.3 Å². The summed E-state index contributed by atoms with van der Waals surface area (Å²) < 4.78 is 26.4. The molecule has 0 aliphatic carbocycles. The summed E-state index contributed by atoms with van der Waals surface area (Å²) in [6.07, 6.45) is 9.68. The summed E-state index contributed by atoms with van der Waals surface area (Å²) in [6.45, 7) is 1.44. The number of H-pyrrole nitrogens is 3. The van der Waals surface area contributed by atoms with E-state index in [1.54, 1.807) is 123 Å². The van der Waals surface area contributed by atoms with Gasteiger partial charge >= 0.3 is 0 Å². The van der Waals surface area contributed by atoms with Crippen molar-refractivity contribution in [3.8, 4) is 28.7 Å². The molecule has 25 nitrogen and oxygen atoms in total. The van der Waals surface area contributed by atoms with Crippen LogP contribution in [0.4, 0.5) is 22.7 Å². The number of amides is 4. The monoisotopic (exact) mass is 1290 g/mol. The topological polar surface area (TPSA) is 326 Å². The summed E-state index contributed by atoms with van der Waals surface area (Å²) in [5, 5.41) is 37.2. The molecule has 0 atom stereocenters. The molecule has 92 heavy (non-hydrogen) atoms. The van der Waals surface area contributed by atoms with Gasteiger partial charge in [0.05, 0.1) is 70.3 Å². The minimum Gasteiger partial charge on any atom is -0.497 e. The van der Waals surface area contributed by atoms with Crippen LogP contribution in [0.1, 0.15) is 54.7 Å². The van der Waals surface area contributed by atoms with E-state index in [-0.39, 0.29) is 23.6 Å². The molecule has 7 N–H and O–H groups in total. The Balaban J connectivity index is 0.000000151. The van der Waals surface area contributed by atoms with E-state index < -0.39 is 0 Å². The molecule has 0 saturated heterocycles. The van der Waals surface area contributed by atoms with Gasteiger partial charge in [0.15, 0.2) is 28.4 Å². The third kappa shape index (κ3) is 16.6. The van der Waals surface area contributed by atoms with E-state index in [1.807, 2.05) is 72.8 Å². The number of methoxy groups -OCH3 is 5. The number of aromatic nitrogens is 12. The summed E-state index contributed by atoms with van der Waals surface area (Å²) in [5.41, 5.74) is 9.35. The minimum atomic E-state index is -0.287. The standard InChI is InChI=1S/C22H21N5O4S.C21H18N6O2S.C21H19N5O3S/c1-29-17-8-14(9-18(30-2)19(17)31-3)21(28)26-15-6-4-5-13(7-15)11-32-22-16-10-25-27-20(16)23-12-24-22;1-13(28)25-16-7-5-15(6-8-16)20(29)26-17-4-2-3-14(9-17)11-30-21-18-10-24-27-19(18)22-12-23-21;1-28-16-7-14(8-17(9-16)29-2)20(27)25-15-5-3-4-13(6-15)11-30-21-18-10-24-26-19(18)22-12-23-21/h4-10,12H,11H2,1-3H3,(H,26,28)(H,23,24,25,27);2-10,12H,11H2,1H3,(H,25,28)(H,26,29)(H,22,23,24,27);3-10,12H,11H2,1-2H3,(H,25,27)(H,22,23,24,26). The summed E-state index contributed by atoms with van der Waals surface area (Å²) in [6, 6.07) is 38.1. The SMILES string of the molecule is CC(=O)Nc1ccc(C(=O)Nc2cccc(CSc3ncnc4[nH]ncc34)c2)cc1.COc1cc(C(=O)Nc2cccc(CSc3ncnc4[nH]ncc34)c2)cc(OC)c1OC.COc1cc(OC)cc(C(=O)Nc2cccc(CSc3ncnc4[nH]ncc34)c2)c1. The number of nitrogens with one attached hydrogen (secondary N) is 7. The molecule has 6 aromatic carbocycles. The first-order valence-corrected chi connectivity index (χ1v) is 30.7. The molecule has 0 aliphatic rings. The number of rotatable bonds is 21. The molecule has 4 amide bonds. The van der Waals surface area contributed by atoms with E-state index >= 15 is 0 Å². The fourth-order valence-corrected chi connectivity index (χ4v) is 11.6. The molecule has 0 spiro atoms.